The van der Waals surface area contributed by atoms with E-state index in [9.17, 15) is 4.79 Å². The van der Waals surface area contributed by atoms with Gasteiger partial charge in [0.15, 0.2) is 29.1 Å². The molecule has 1 amide bonds. The van der Waals surface area contributed by atoms with Crippen LogP contribution in [0.2, 0.25) is 0 Å². The molecule has 0 saturated heterocycles. The third-order valence-corrected chi connectivity index (χ3v) is 4.54. The molecule has 0 saturated carbocycles. The van der Waals surface area contributed by atoms with Gasteiger partial charge in [0.05, 0.1) is 27.4 Å². The Kier molecular flexibility index (Phi) is 7.99. The average Bonchev–Trinajstić information content (AvgIpc) is 2.75. The van der Waals surface area contributed by atoms with Gasteiger partial charge in [0.1, 0.15) is 0 Å². The Morgan fingerprint density at radius 2 is 1.46 bits per heavy atom. The molecule has 0 aliphatic heterocycles. The molecule has 1 N–H and O–H groups in total. The summed E-state index contributed by atoms with van der Waals surface area (Å²) in [6, 6.07) is 12.8. The van der Waals surface area contributed by atoms with E-state index in [2.05, 4.69) is 5.32 Å². The first-order valence-electron chi connectivity index (χ1n) is 9.39. The molecule has 0 spiro atoms. The maximum atomic E-state index is 12.9. The lowest BCUT2D eigenvalue weighted by Gasteiger charge is -2.23. The van der Waals surface area contributed by atoms with Crippen LogP contribution < -0.4 is 24.3 Å². The quantitative estimate of drug-likeness (QED) is 0.664. The summed E-state index contributed by atoms with van der Waals surface area (Å²) in [4.78, 5) is 12.9. The first-order valence-corrected chi connectivity index (χ1v) is 9.39. The first kappa shape index (κ1) is 21.4. The summed E-state index contributed by atoms with van der Waals surface area (Å²) in [5.74, 6) is 2.25. The number of methoxy groups -OCH3 is 3. The minimum atomic E-state index is -0.620. The minimum Gasteiger partial charge on any atom is -0.493 e. The fourth-order valence-corrected chi connectivity index (χ4v) is 2.95. The molecule has 0 heterocycles. The molecule has 2 atom stereocenters. The molecule has 0 fully saturated rings. The van der Waals surface area contributed by atoms with Crippen LogP contribution in [-0.4, -0.2) is 33.3 Å². The Balaban J connectivity index is 2.15. The second kappa shape index (κ2) is 10.4. The molecule has 2 aromatic carbocycles. The number of ether oxygens (including phenoxy) is 4. The van der Waals surface area contributed by atoms with Crippen molar-refractivity contribution in [2.24, 2.45) is 0 Å². The average molecular weight is 387 g/mol. The third-order valence-electron chi connectivity index (χ3n) is 4.54. The molecule has 2 rings (SSSR count). The van der Waals surface area contributed by atoms with Crippen molar-refractivity contribution in [3.63, 3.8) is 0 Å². The van der Waals surface area contributed by atoms with Crippen LogP contribution in [-0.2, 0) is 4.79 Å². The number of hydrogen-bond acceptors (Lipinski definition) is 5. The molecule has 28 heavy (non-hydrogen) atoms. The highest BCUT2D eigenvalue weighted by atomic mass is 16.5. The molecule has 0 aromatic heterocycles. The van der Waals surface area contributed by atoms with E-state index in [1.54, 1.807) is 33.5 Å². The fraction of sp³-hybridized carbons (Fsp3) is 0.409. The standard InChI is InChI=1S/C22H29NO5/c1-6-16(15-12-13-19(26-4)21(14-15)27-5)23-22(24)17(7-2)28-20-11-9-8-10-18(20)25-3/h8-14,16-17H,6-7H2,1-5H3,(H,23,24)/t16-,17-/m0/s1. The monoisotopic (exact) mass is 387 g/mol. The maximum Gasteiger partial charge on any atom is 0.261 e. The molecule has 0 unspecified atom stereocenters. The van der Waals surface area contributed by atoms with Gasteiger partial charge in [-0.1, -0.05) is 32.0 Å². The summed E-state index contributed by atoms with van der Waals surface area (Å²) >= 11 is 0. The van der Waals surface area contributed by atoms with E-state index in [4.69, 9.17) is 18.9 Å². The van der Waals surface area contributed by atoms with Gasteiger partial charge in [-0.05, 0) is 42.7 Å². The van der Waals surface area contributed by atoms with Gasteiger partial charge in [0.25, 0.3) is 5.91 Å². The summed E-state index contributed by atoms with van der Waals surface area (Å²) < 4.78 is 21.9. The van der Waals surface area contributed by atoms with Gasteiger partial charge < -0.3 is 24.3 Å². The van der Waals surface area contributed by atoms with Gasteiger partial charge >= 0.3 is 0 Å². The number of carbonyl (C=O) groups excluding carboxylic acids is 1. The van der Waals surface area contributed by atoms with Crippen LogP contribution in [0.5, 0.6) is 23.0 Å². The fourth-order valence-electron chi connectivity index (χ4n) is 2.95. The normalized spacial score (nSPS) is 12.6. The van der Waals surface area contributed by atoms with Crippen molar-refractivity contribution < 1.29 is 23.7 Å². The largest absolute Gasteiger partial charge is 0.493 e. The molecule has 0 radical (unpaired) electrons. The van der Waals surface area contributed by atoms with Gasteiger partial charge in [-0.3, -0.25) is 4.79 Å². The van der Waals surface area contributed by atoms with Gasteiger partial charge in [-0.25, -0.2) is 0 Å². The Labute approximate surface area is 166 Å². The van der Waals surface area contributed by atoms with Crippen LogP contribution in [0.15, 0.2) is 42.5 Å². The third kappa shape index (κ3) is 5.09. The van der Waals surface area contributed by atoms with Crippen molar-refractivity contribution in [2.45, 2.75) is 38.8 Å². The van der Waals surface area contributed by atoms with Gasteiger partial charge in [0, 0.05) is 0 Å². The van der Waals surface area contributed by atoms with Crippen molar-refractivity contribution >= 4 is 5.91 Å². The summed E-state index contributed by atoms with van der Waals surface area (Å²) in [6.45, 7) is 3.93. The predicted octanol–water partition coefficient (Wildman–Crippen LogP) is 4.14. The Hall–Kier alpha value is -2.89. The highest BCUT2D eigenvalue weighted by Gasteiger charge is 2.23. The van der Waals surface area contributed by atoms with Crippen molar-refractivity contribution in [3.05, 3.63) is 48.0 Å². The van der Waals surface area contributed by atoms with Crippen LogP contribution in [0, 0.1) is 0 Å². The van der Waals surface area contributed by atoms with Gasteiger partial charge in [-0.15, -0.1) is 0 Å². The van der Waals surface area contributed by atoms with Gasteiger partial charge in [0.2, 0.25) is 0 Å². The lowest BCUT2D eigenvalue weighted by molar-refractivity contribution is -0.129. The molecular weight excluding hydrogens is 358 g/mol. The number of para-hydroxylation sites is 2. The highest BCUT2D eigenvalue weighted by molar-refractivity contribution is 5.81. The molecule has 0 bridgehead atoms. The summed E-state index contributed by atoms with van der Waals surface area (Å²) in [6.07, 6.45) is 0.643. The van der Waals surface area contributed by atoms with E-state index in [-0.39, 0.29) is 11.9 Å². The van der Waals surface area contributed by atoms with E-state index in [0.29, 0.717) is 29.4 Å². The number of rotatable bonds is 10. The number of nitrogens with one attached hydrogen (secondary N) is 1. The SMILES string of the molecule is CC[C@H](Oc1ccccc1OC)C(=O)N[C@@H](CC)c1ccc(OC)c(OC)c1. The number of amides is 1. The van der Waals surface area contributed by atoms with E-state index < -0.39 is 6.10 Å². The minimum absolute atomic E-state index is 0.164. The van der Waals surface area contributed by atoms with Crippen LogP contribution in [0.3, 0.4) is 0 Å². The van der Waals surface area contributed by atoms with Crippen LogP contribution in [0.4, 0.5) is 0 Å². The van der Waals surface area contributed by atoms with Crippen molar-refractivity contribution in [3.8, 4) is 23.0 Å². The number of carbonyl (C=O) groups is 1. The summed E-state index contributed by atoms with van der Waals surface area (Å²) in [5.41, 5.74) is 0.945. The highest BCUT2D eigenvalue weighted by Crippen LogP contribution is 2.31. The second-order valence-corrected chi connectivity index (χ2v) is 6.25. The zero-order valence-corrected chi connectivity index (χ0v) is 17.2. The number of benzene rings is 2. The zero-order chi connectivity index (χ0) is 20.5. The molecule has 6 heteroatoms. The van der Waals surface area contributed by atoms with Crippen molar-refractivity contribution in [2.75, 3.05) is 21.3 Å². The van der Waals surface area contributed by atoms with E-state index in [1.807, 2.05) is 44.2 Å². The summed E-state index contributed by atoms with van der Waals surface area (Å²) in [7, 11) is 4.76. The van der Waals surface area contributed by atoms with Crippen molar-refractivity contribution in [1.29, 1.82) is 0 Å². The molecule has 152 valence electrons. The maximum absolute atomic E-state index is 12.9. The van der Waals surface area contributed by atoms with Gasteiger partial charge in [-0.2, -0.15) is 0 Å². The van der Waals surface area contributed by atoms with E-state index in [0.717, 1.165) is 12.0 Å². The van der Waals surface area contributed by atoms with Crippen LogP contribution >= 0.6 is 0 Å². The Morgan fingerprint density at radius 1 is 0.857 bits per heavy atom. The number of hydrogen-bond donors (Lipinski definition) is 1. The molecule has 0 aliphatic rings. The van der Waals surface area contributed by atoms with Crippen molar-refractivity contribution in [1.82, 2.24) is 5.32 Å². The molecule has 6 nitrogen and oxygen atoms in total. The molecular formula is C22H29NO5. The topological polar surface area (TPSA) is 66.0 Å². The Morgan fingerprint density at radius 3 is 2.04 bits per heavy atom. The molecule has 2 aromatic rings. The zero-order valence-electron chi connectivity index (χ0n) is 17.2. The van der Waals surface area contributed by atoms with Crippen LogP contribution in [0.25, 0.3) is 0 Å². The second-order valence-electron chi connectivity index (χ2n) is 6.25. The van der Waals surface area contributed by atoms with E-state index >= 15 is 0 Å². The Bertz CT molecular complexity index is 777. The van der Waals surface area contributed by atoms with Crippen LogP contribution in [0.1, 0.15) is 38.3 Å². The predicted molar refractivity (Wildman–Crippen MR) is 108 cm³/mol. The lowest BCUT2D eigenvalue weighted by atomic mass is 10.0. The van der Waals surface area contributed by atoms with E-state index in [1.165, 1.54) is 0 Å². The first-order chi connectivity index (χ1) is 13.6. The lowest BCUT2D eigenvalue weighted by Crippen LogP contribution is -2.40. The smallest absolute Gasteiger partial charge is 0.261 e. The molecule has 0 aliphatic carbocycles. The summed E-state index contributed by atoms with van der Waals surface area (Å²) in [5, 5.41) is 3.08.